The van der Waals surface area contributed by atoms with E-state index in [0.29, 0.717) is 22.6 Å². The summed E-state index contributed by atoms with van der Waals surface area (Å²) >= 11 is 0. The van der Waals surface area contributed by atoms with Crippen LogP contribution in [-0.4, -0.2) is 21.6 Å². The number of non-ortho nitro benzene ring substituents is 1. The molecule has 2 aromatic carbocycles. The molecule has 0 aliphatic carbocycles. The number of rotatable bonds is 5. The van der Waals surface area contributed by atoms with Crippen LogP contribution >= 0.6 is 0 Å². The monoisotopic (exact) mass is 430 g/mol. The normalized spacial score (nSPS) is 11.6. The van der Waals surface area contributed by atoms with Crippen molar-refractivity contribution < 1.29 is 22.9 Å². The third-order valence-corrected chi connectivity index (χ3v) is 4.59. The molecule has 0 bridgehead atoms. The van der Waals surface area contributed by atoms with Crippen LogP contribution in [0.4, 0.5) is 18.9 Å². The summed E-state index contributed by atoms with van der Waals surface area (Å²) in [4.78, 5) is 22.4. The molecule has 0 unspecified atom stereocenters. The highest BCUT2D eigenvalue weighted by molar-refractivity contribution is 5.95. The molecule has 7 nitrogen and oxygen atoms in total. The average Bonchev–Trinajstić information content (AvgIpc) is 3.00. The number of nitrogens with one attached hydrogen (secondary N) is 1. The van der Waals surface area contributed by atoms with Gasteiger partial charge in [-0.15, -0.1) is 0 Å². The summed E-state index contributed by atoms with van der Waals surface area (Å²) in [6, 6.07) is 11.9. The molecule has 0 aliphatic heterocycles. The fourth-order valence-corrected chi connectivity index (χ4v) is 3.12. The Morgan fingerprint density at radius 2 is 1.84 bits per heavy atom. The Kier molecular flexibility index (Phi) is 5.91. The van der Waals surface area contributed by atoms with Crippen LogP contribution in [0.25, 0.3) is 5.69 Å². The molecule has 0 fully saturated rings. The maximum atomic E-state index is 13.0. The van der Waals surface area contributed by atoms with Gasteiger partial charge in [-0.3, -0.25) is 14.9 Å². The lowest BCUT2D eigenvalue weighted by molar-refractivity contribution is -0.384. The number of nitro benzene ring substituents is 1. The van der Waals surface area contributed by atoms with E-state index in [1.54, 1.807) is 30.5 Å². The predicted octanol–water partition coefficient (Wildman–Crippen LogP) is 4.79. The first-order valence-corrected chi connectivity index (χ1v) is 9.02. The number of hydrogen-bond acceptors (Lipinski definition) is 4. The van der Waals surface area contributed by atoms with E-state index in [1.807, 2.05) is 0 Å². The number of aryl methyl sites for hydroxylation is 1. The lowest BCUT2D eigenvalue weighted by Gasteiger charge is -2.13. The van der Waals surface area contributed by atoms with Gasteiger partial charge in [-0.25, -0.2) is 5.43 Å². The van der Waals surface area contributed by atoms with Crippen molar-refractivity contribution >= 4 is 17.8 Å². The average molecular weight is 430 g/mol. The SMILES string of the molecule is Cc1cc(/C=N/NC(=O)c2cccc([N+](=O)[O-])c2)c(C)n1-c1cccc(C(F)(F)F)c1. The second-order valence-corrected chi connectivity index (χ2v) is 6.72. The number of hydrazone groups is 1. The zero-order chi connectivity index (χ0) is 22.8. The molecule has 0 radical (unpaired) electrons. The van der Waals surface area contributed by atoms with Gasteiger partial charge in [0, 0.05) is 40.3 Å². The maximum absolute atomic E-state index is 13.0. The minimum absolute atomic E-state index is 0.0702. The van der Waals surface area contributed by atoms with Crippen molar-refractivity contribution in [3.05, 3.63) is 92.8 Å². The Morgan fingerprint density at radius 3 is 2.52 bits per heavy atom. The number of hydrogen-bond donors (Lipinski definition) is 1. The first-order chi connectivity index (χ1) is 14.6. The van der Waals surface area contributed by atoms with Gasteiger partial charge in [0.2, 0.25) is 0 Å². The van der Waals surface area contributed by atoms with Crippen LogP contribution in [-0.2, 0) is 6.18 Å². The standard InChI is InChI=1S/C21H17F3N4O3/c1-13-9-16(12-25-26-20(29)15-5-3-8-19(10-15)28(30)31)14(2)27(13)18-7-4-6-17(11-18)21(22,23)24/h3-12H,1-2H3,(H,26,29)/b25-12+. The fourth-order valence-electron chi connectivity index (χ4n) is 3.12. The molecule has 0 saturated carbocycles. The fraction of sp³-hybridized carbons (Fsp3) is 0.143. The van der Waals surface area contributed by atoms with Crippen molar-refractivity contribution in [2.45, 2.75) is 20.0 Å². The highest BCUT2D eigenvalue weighted by Crippen LogP contribution is 2.31. The van der Waals surface area contributed by atoms with Crippen molar-refractivity contribution in [1.29, 1.82) is 0 Å². The van der Waals surface area contributed by atoms with Gasteiger partial charge in [-0.1, -0.05) is 12.1 Å². The number of amides is 1. The maximum Gasteiger partial charge on any atom is 0.416 e. The van der Waals surface area contributed by atoms with Gasteiger partial charge in [-0.05, 0) is 44.2 Å². The zero-order valence-corrected chi connectivity index (χ0v) is 16.5. The number of halogens is 3. The molecule has 1 aromatic heterocycles. The Bertz CT molecular complexity index is 1180. The highest BCUT2D eigenvalue weighted by atomic mass is 19.4. The van der Waals surface area contributed by atoms with Crippen molar-refractivity contribution in [2.75, 3.05) is 0 Å². The van der Waals surface area contributed by atoms with Crippen molar-refractivity contribution in [3.8, 4) is 5.69 Å². The quantitative estimate of drug-likeness (QED) is 0.359. The van der Waals surface area contributed by atoms with Crippen LogP contribution in [0.15, 0.2) is 59.7 Å². The molecule has 0 atom stereocenters. The molecule has 10 heteroatoms. The van der Waals surface area contributed by atoms with Crippen LogP contribution in [0.3, 0.4) is 0 Å². The van der Waals surface area contributed by atoms with Gasteiger partial charge < -0.3 is 4.57 Å². The van der Waals surface area contributed by atoms with E-state index >= 15 is 0 Å². The first-order valence-electron chi connectivity index (χ1n) is 9.02. The Hall–Kier alpha value is -3.95. The largest absolute Gasteiger partial charge is 0.416 e. The number of nitrogens with zero attached hydrogens (tertiary/aromatic N) is 3. The van der Waals surface area contributed by atoms with Gasteiger partial charge in [0.1, 0.15) is 0 Å². The molecule has 31 heavy (non-hydrogen) atoms. The van der Waals surface area contributed by atoms with Gasteiger partial charge in [0.25, 0.3) is 11.6 Å². The van der Waals surface area contributed by atoms with E-state index in [4.69, 9.17) is 0 Å². The molecule has 0 aliphatic rings. The molecule has 0 spiro atoms. The predicted molar refractivity (Wildman–Crippen MR) is 108 cm³/mol. The van der Waals surface area contributed by atoms with Crippen LogP contribution < -0.4 is 5.43 Å². The zero-order valence-electron chi connectivity index (χ0n) is 16.5. The summed E-state index contributed by atoms with van der Waals surface area (Å²) in [5, 5.41) is 14.7. The Balaban J connectivity index is 1.81. The van der Waals surface area contributed by atoms with Gasteiger partial charge in [0.15, 0.2) is 0 Å². The van der Waals surface area contributed by atoms with Crippen LogP contribution in [0.1, 0.15) is 32.9 Å². The first kappa shape index (κ1) is 21.8. The third-order valence-electron chi connectivity index (χ3n) is 4.59. The lowest BCUT2D eigenvalue weighted by Crippen LogP contribution is -2.17. The lowest BCUT2D eigenvalue weighted by atomic mass is 10.2. The van der Waals surface area contributed by atoms with E-state index in [2.05, 4.69) is 10.5 Å². The van der Waals surface area contributed by atoms with Gasteiger partial charge in [0.05, 0.1) is 16.7 Å². The molecule has 3 rings (SSSR count). The van der Waals surface area contributed by atoms with Gasteiger partial charge in [-0.2, -0.15) is 18.3 Å². The van der Waals surface area contributed by atoms with Crippen molar-refractivity contribution in [2.24, 2.45) is 5.10 Å². The van der Waals surface area contributed by atoms with E-state index in [0.717, 1.165) is 18.2 Å². The van der Waals surface area contributed by atoms with Crippen molar-refractivity contribution in [1.82, 2.24) is 9.99 Å². The molecule has 3 aromatic rings. The van der Waals surface area contributed by atoms with E-state index < -0.39 is 22.6 Å². The number of alkyl halides is 3. The molecule has 160 valence electrons. The molecular formula is C21H17F3N4O3. The van der Waals surface area contributed by atoms with E-state index in [1.165, 1.54) is 30.5 Å². The van der Waals surface area contributed by atoms with Gasteiger partial charge >= 0.3 is 6.18 Å². The number of aromatic nitrogens is 1. The Labute approximate surface area is 175 Å². The number of benzene rings is 2. The second kappa shape index (κ2) is 8.42. The third kappa shape index (κ3) is 4.80. The molecule has 0 saturated heterocycles. The minimum Gasteiger partial charge on any atom is -0.318 e. The second-order valence-electron chi connectivity index (χ2n) is 6.72. The summed E-state index contributed by atoms with van der Waals surface area (Å²) in [6.45, 7) is 3.46. The molecule has 1 amide bonds. The van der Waals surface area contributed by atoms with Crippen LogP contribution in [0.5, 0.6) is 0 Å². The number of carbonyl (C=O) groups is 1. The highest BCUT2D eigenvalue weighted by Gasteiger charge is 2.30. The van der Waals surface area contributed by atoms with E-state index in [-0.39, 0.29) is 11.3 Å². The van der Waals surface area contributed by atoms with Crippen molar-refractivity contribution in [3.63, 3.8) is 0 Å². The smallest absolute Gasteiger partial charge is 0.318 e. The van der Waals surface area contributed by atoms with E-state index in [9.17, 15) is 28.1 Å². The summed E-state index contributed by atoms with van der Waals surface area (Å²) in [5.74, 6) is -0.633. The topological polar surface area (TPSA) is 89.5 Å². The molecule has 1 N–H and O–H groups in total. The van der Waals surface area contributed by atoms with Crippen LogP contribution in [0.2, 0.25) is 0 Å². The Morgan fingerprint density at radius 1 is 1.13 bits per heavy atom. The number of nitro groups is 1. The summed E-state index contributed by atoms with van der Waals surface area (Å²) in [7, 11) is 0. The minimum atomic E-state index is -4.45. The number of carbonyl (C=O) groups excluding carboxylic acids is 1. The van der Waals surface area contributed by atoms with Crippen LogP contribution in [0, 0.1) is 24.0 Å². The summed E-state index contributed by atoms with van der Waals surface area (Å²) in [6.07, 6.45) is -3.09. The summed E-state index contributed by atoms with van der Waals surface area (Å²) < 4.78 is 40.8. The molecular weight excluding hydrogens is 413 g/mol. The summed E-state index contributed by atoms with van der Waals surface area (Å²) in [5.41, 5.74) is 3.64. The molecule has 1 heterocycles.